The highest BCUT2D eigenvalue weighted by Gasteiger charge is 2.25. The Morgan fingerprint density at radius 3 is 2.22 bits per heavy atom. The van der Waals surface area contributed by atoms with Crippen LogP contribution in [0.3, 0.4) is 0 Å². The molecule has 0 saturated heterocycles. The van der Waals surface area contributed by atoms with E-state index in [-0.39, 0.29) is 6.61 Å². The minimum absolute atomic E-state index is 0.188. The van der Waals surface area contributed by atoms with Gasteiger partial charge in [0.05, 0.1) is 6.61 Å². The molecule has 0 amide bonds. The van der Waals surface area contributed by atoms with E-state index in [1.54, 1.807) is 13.8 Å². The standard InChI is InChI=1S/C6H12O3/c1-6(2,4-8)5(9)3-7/h3,5,8-9H,4H2,1-2H3. The molecule has 3 heteroatoms. The van der Waals surface area contributed by atoms with Gasteiger partial charge in [0.2, 0.25) is 0 Å². The Bertz CT molecular complexity index is 98.5. The third kappa shape index (κ3) is 2.11. The first-order valence-corrected chi connectivity index (χ1v) is 2.79. The van der Waals surface area contributed by atoms with Crippen molar-refractivity contribution in [2.75, 3.05) is 6.61 Å². The maximum Gasteiger partial charge on any atom is 0.149 e. The molecule has 3 nitrogen and oxygen atoms in total. The summed E-state index contributed by atoms with van der Waals surface area (Å²) in [5.74, 6) is 0. The van der Waals surface area contributed by atoms with Gasteiger partial charge in [-0.3, -0.25) is 0 Å². The predicted octanol–water partition coefficient (Wildman–Crippen LogP) is -0.435. The summed E-state index contributed by atoms with van der Waals surface area (Å²) in [6.07, 6.45) is -0.640. The normalized spacial score (nSPS) is 15.1. The summed E-state index contributed by atoms with van der Waals surface area (Å²) < 4.78 is 0. The Morgan fingerprint density at radius 1 is 1.67 bits per heavy atom. The molecule has 0 aliphatic carbocycles. The quantitative estimate of drug-likeness (QED) is 0.512. The number of aldehydes is 1. The molecular formula is C6H12O3. The molecule has 0 aromatic rings. The lowest BCUT2D eigenvalue weighted by molar-refractivity contribution is -0.121. The molecule has 0 radical (unpaired) electrons. The van der Waals surface area contributed by atoms with Crippen LogP contribution in [0, 0.1) is 5.41 Å². The van der Waals surface area contributed by atoms with Crippen molar-refractivity contribution in [3.8, 4) is 0 Å². The number of hydrogen-bond donors (Lipinski definition) is 2. The van der Waals surface area contributed by atoms with Gasteiger partial charge < -0.3 is 15.0 Å². The van der Waals surface area contributed by atoms with E-state index in [4.69, 9.17) is 10.2 Å². The fourth-order valence-electron chi connectivity index (χ4n) is 0.278. The van der Waals surface area contributed by atoms with E-state index in [1.807, 2.05) is 0 Å². The molecule has 54 valence electrons. The van der Waals surface area contributed by atoms with Crippen LogP contribution in [-0.4, -0.2) is 29.2 Å². The number of carbonyl (C=O) groups is 1. The fraction of sp³-hybridized carbons (Fsp3) is 0.833. The second-order valence-electron chi connectivity index (χ2n) is 2.73. The highest BCUT2D eigenvalue weighted by Crippen LogP contribution is 2.17. The summed E-state index contributed by atoms with van der Waals surface area (Å²) in [6, 6.07) is 0. The van der Waals surface area contributed by atoms with Crippen LogP contribution in [0.15, 0.2) is 0 Å². The summed E-state index contributed by atoms with van der Waals surface area (Å²) in [5.41, 5.74) is -0.707. The number of carbonyl (C=O) groups excluding carboxylic acids is 1. The van der Waals surface area contributed by atoms with E-state index in [1.165, 1.54) is 0 Å². The Labute approximate surface area is 54.3 Å². The van der Waals surface area contributed by atoms with Crippen molar-refractivity contribution in [1.82, 2.24) is 0 Å². The van der Waals surface area contributed by atoms with Gasteiger partial charge in [-0.25, -0.2) is 0 Å². The van der Waals surface area contributed by atoms with Crippen LogP contribution >= 0.6 is 0 Å². The molecule has 0 aliphatic heterocycles. The molecular weight excluding hydrogens is 120 g/mol. The van der Waals surface area contributed by atoms with E-state index < -0.39 is 11.5 Å². The van der Waals surface area contributed by atoms with E-state index in [9.17, 15) is 4.79 Å². The highest BCUT2D eigenvalue weighted by atomic mass is 16.3. The first kappa shape index (κ1) is 8.59. The first-order chi connectivity index (χ1) is 4.04. The second-order valence-corrected chi connectivity index (χ2v) is 2.73. The maximum absolute atomic E-state index is 9.95. The van der Waals surface area contributed by atoms with Gasteiger partial charge in [-0.2, -0.15) is 0 Å². The minimum Gasteiger partial charge on any atom is -0.396 e. The van der Waals surface area contributed by atoms with Crippen molar-refractivity contribution in [3.63, 3.8) is 0 Å². The van der Waals surface area contributed by atoms with Crippen LogP contribution in [0.25, 0.3) is 0 Å². The van der Waals surface area contributed by atoms with Crippen LogP contribution in [0.5, 0.6) is 0 Å². The minimum atomic E-state index is -1.07. The molecule has 0 aromatic carbocycles. The summed E-state index contributed by atoms with van der Waals surface area (Å²) in [5, 5.41) is 17.4. The fourth-order valence-corrected chi connectivity index (χ4v) is 0.278. The molecule has 0 spiro atoms. The van der Waals surface area contributed by atoms with E-state index in [0.717, 1.165) is 0 Å². The molecule has 9 heavy (non-hydrogen) atoms. The van der Waals surface area contributed by atoms with Gasteiger partial charge in [0.15, 0.2) is 0 Å². The number of aliphatic hydroxyl groups excluding tert-OH is 2. The zero-order valence-electron chi connectivity index (χ0n) is 5.66. The Kier molecular flexibility index (Phi) is 2.81. The smallest absolute Gasteiger partial charge is 0.149 e. The third-order valence-electron chi connectivity index (χ3n) is 1.34. The molecule has 0 fully saturated rings. The molecule has 2 N–H and O–H groups in total. The van der Waals surface area contributed by atoms with E-state index in [2.05, 4.69) is 0 Å². The molecule has 0 rings (SSSR count). The molecule has 0 bridgehead atoms. The maximum atomic E-state index is 9.95. The van der Waals surface area contributed by atoms with Crippen molar-refractivity contribution in [3.05, 3.63) is 0 Å². The monoisotopic (exact) mass is 132 g/mol. The molecule has 0 aromatic heterocycles. The lowest BCUT2D eigenvalue weighted by Gasteiger charge is -2.23. The highest BCUT2D eigenvalue weighted by molar-refractivity contribution is 5.56. The van der Waals surface area contributed by atoms with E-state index in [0.29, 0.717) is 6.29 Å². The zero-order chi connectivity index (χ0) is 7.49. The summed E-state index contributed by atoms with van der Waals surface area (Å²) in [4.78, 5) is 9.95. The number of rotatable bonds is 3. The first-order valence-electron chi connectivity index (χ1n) is 2.79. The third-order valence-corrected chi connectivity index (χ3v) is 1.34. The SMILES string of the molecule is CC(C)(CO)C(O)C=O. The van der Waals surface area contributed by atoms with Crippen molar-refractivity contribution in [2.45, 2.75) is 20.0 Å². The summed E-state index contributed by atoms with van der Waals surface area (Å²) in [6.45, 7) is 3.05. The van der Waals surface area contributed by atoms with Crippen molar-refractivity contribution in [2.24, 2.45) is 5.41 Å². The van der Waals surface area contributed by atoms with Gasteiger partial charge in [0, 0.05) is 5.41 Å². The number of hydrogen-bond acceptors (Lipinski definition) is 3. The average molecular weight is 132 g/mol. The lowest BCUT2D eigenvalue weighted by atomic mass is 9.89. The summed E-state index contributed by atoms with van der Waals surface area (Å²) in [7, 11) is 0. The number of aliphatic hydroxyl groups is 2. The average Bonchev–Trinajstić information content (AvgIpc) is 1.86. The topological polar surface area (TPSA) is 57.5 Å². The molecule has 1 atom stereocenters. The van der Waals surface area contributed by atoms with Gasteiger partial charge in [-0.15, -0.1) is 0 Å². The predicted molar refractivity (Wildman–Crippen MR) is 32.9 cm³/mol. The van der Waals surface area contributed by atoms with Crippen molar-refractivity contribution < 1.29 is 15.0 Å². The van der Waals surface area contributed by atoms with E-state index >= 15 is 0 Å². The Balaban J connectivity index is 3.95. The molecule has 0 saturated carbocycles. The van der Waals surface area contributed by atoms with Crippen molar-refractivity contribution in [1.29, 1.82) is 0 Å². The molecule has 0 heterocycles. The second kappa shape index (κ2) is 2.94. The Morgan fingerprint density at radius 2 is 2.11 bits per heavy atom. The van der Waals surface area contributed by atoms with Gasteiger partial charge in [-0.05, 0) is 0 Å². The molecule has 0 aliphatic rings. The van der Waals surface area contributed by atoms with Crippen LogP contribution in [0.1, 0.15) is 13.8 Å². The lowest BCUT2D eigenvalue weighted by Crippen LogP contribution is -2.33. The van der Waals surface area contributed by atoms with Crippen LogP contribution in [0.4, 0.5) is 0 Å². The van der Waals surface area contributed by atoms with Crippen LogP contribution in [0.2, 0.25) is 0 Å². The zero-order valence-corrected chi connectivity index (χ0v) is 5.66. The van der Waals surface area contributed by atoms with Gasteiger partial charge in [-0.1, -0.05) is 13.8 Å². The summed E-state index contributed by atoms with van der Waals surface area (Å²) >= 11 is 0. The Hall–Kier alpha value is -0.410. The molecule has 1 unspecified atom stereocenters. The van der Waals surface area contributed by atoms with Gasteiger partial charge >= 0.3 is 0 Å². The largest absolute Gasteiger partial charge is 0.396 e. The van der Waals surface area contributed by atoms with Crippen LogP contribution in [-0.2, 0) is 4.79 Å². The van der Waals surface area contributed by atoms with Crippen LogP contribution < -0.4 is 0 Å². The van der Waals surface area contributed by atoms with Gasteiger partial charge in [0.25, 0.3) is 0 Å². The van der Waals surface area contributed by atoms with Gasteiger partial charge in [0.1, 0.15) is 12.4 Å². The van der Waals surface area contributed by atoms with Crippen molar-refractivity contribution >= 4 is 6.29 Å².